The number of carbonyl (C=O) groups excluding carboxylic acids is 1. The summed E-state index contributed by atoms with van der Waals surface area (Å²) in [6, 6.07) is 17.6. The number of carboxylic acid groups (broad SMARTS) is 3. The Bertz CT molecular complexity index is 1430. The number of aliphatic carboxylic acids is 3. The van der Waals surface area contributed by atoms with Gasteiger partial charge in [-0.05, 0) is 67.9 Å². The van der Waals surface area contributed by atoms with Gasteiger partial charge in [0.1, 0.15) is 0 Å². The lowest BCUT2D eigenvalue weighted by atomic mass is 9.96. The van der Waals surface area contributed by atoms with Crippen LogP contribution in [0.2, 0.25) is 0 Å². The number of Topliss-reactive ketones (excluding diaryl/α,β-unsaturated/α-hetero) is 1. The van der Waals surface area contributed by atoms with Crippen molar-refractivity contribution in [2.24, 2.45) is 0 Å². The van der Waals surface area contributed by atoms with Crippen LogP contribution in [0.4, 0.5) is 0 Å². The third-order valence-corrected chi connectivity index (χ3v) is 6.42. The van der Waals surface area contributed by atoms with E-state index in [0.717, 1.165) is 28.4 Å². The number of aromatic nitrogens is 1. The molecule has 0 radical (unpaired) electrons. The molecule has 5 N–H and O–H groups in total. The number of ether oxygens (including phenoxy) is 2. The fourth-order valence-electron chi connectivity index (χ4n) is 4.45. The molecule has 1 unspecified atom stereocenters. The third kappa shape index (κ3) is 9.39. The number of carboxylic acids is 3. The van der Waals surface area contributed by atoms with Gasteiger partial charge in [-0.2, -0.15) is 0 Å². The fourth-order valence-corrected chi connectivity index (χ4v) is 4.45. The van der Waals surface area contributed by atoms with E-state index in [1.807, 2.05) is 54.7 Å². The molecular weight excluding hydrogens is 564 g/mol. The zero-order valence-corrected chi connectivity index (χ0v) is 23.7. The fraction of sp³-hybridized carbons (Fsp3) is 0.333. The first-order valence-corrected chi connectivity index (χ1v) is 13.2. The van der Waals surface area contributed by atoms with Crippen molar-refractivity contribution >= 4 is 23.7 Å². The molecule has 2 heterocycles. The van der Waals surface area contributed by atoms with Gasteiger partial charge < -0.3 is 39.6 Å². The number of hydrogen-bond donors (Lipinski definition) is 5. The predicted octanol–water partition coefficient (Wildman–Crippen LogP) is 2.54. The van der Waals surface area contributed by atoms with E-state index in [4.69, 9.17) is 29.9 Å². The van der Waals surface area contributed by atoms with Crippen LogP contribution in [0.25, 0.3) is 5.69 Å². The van der Waals surface area contributed by atoms with Gasteiger partial charge in [0.05, 0.1) is 18.9 Å². The van der Waals surface area contributed by atoms with Crippen molar-refractivity contribution in [3.8, 4) is 17.2 Å². The largest absolute Gasteiger partial charge is 0.481 e. The summed E-state index contributed by atoms with van der Waals surface area (Å²) in [6.07, 6.45) is -0.722. The minimum atomic E-state index is -2.74. The zero-order chi connectivity index (χ0) is 31.7. The van der Waals surface area contributed by atoms with Crippen LogP contribution in [0.5, 0.6) is 11.5 Å². The maximum absolute atomic E-state index is 11.5. The van der Waals surface area contributed by atoms with Crippen LogP contribution in [-0.2, 0) is 27.5 Å². The van der Waals surface area contributed by atoms with Crippen LogP contribution in [0, 0.1) is 0 Å². The Hall–Kier alpha value is -4.72. The average Bonchev–Trinajstić information content (AvgIpc) is 3.57. The monoisotopic (exact) mass is 598 g/mol. The van der Waals surface area contributed by atoms with Crippen molar-refractivity contribution < 1.29 is 54.2 Å². The van der Waals surface area contributed by atoms with E-state index in [9.17, 15) is 24.3 Å². The van der Waals surface area contributed by atoms with Gasteiger partial charge in [-0.15, -0.1) is 0 Å². The number of ketones is 1. The third-order valence-electron chi connectivity index (χ3n) is 6.42. The second kappa shape index (κ2) is 14.4. The maximum atomic E-state index is 11.5. The van der Waals surface area contributed by atoms with Crippen LogP contribution in [-0.4, -0.2) is 83.7 Å². The molecule has 0 spiro atoms. The van der Waals surface area contributed by atoms with Gasteiger partial charge in [0.25, 0.3) is 0 Å². The molecule has 0 aliphatic carbocycles. The molecule has 13 nitrogen and oxygen atoms in total. The molecule has 0 bridgehead atoms. The van der Waals surface area contributed by atoms with Gasteiger partial charge in [-0.3, -0.25) is 19.3 Å². The van der Waals surface area contributed by atoms with E-state index in [1.54, 1.807) is 13.8 Å². The highest BCUT2D eigenvalue weighted by atomic mass is 16.7. The first kappa shape index (κ1) is 32.8. The normalized spacial score (nSPS) is 12.8. The van der Waals surface area contributed by atoms with Crippen LogP contribution in [0.15, 0.2) is 60.8 Å². The molecule has 1 atom stereocenters. The highest BCUT2D eigenvalue weighted by molar-refractivity contribution is 5.94. The average molecular weight is 599 g/mol. The smallest absolute Gasteiger partial charge is 0.336 e. The first-order valence-electron chi connectivity index (χ1n) is 13.2. The van der Waals surface area contributed by atoms with Crippen LogP contribution < -0.4 is 9.47 Å². The topological polar surface area (TPSA) is 196 Å². The lowest BCUT2D eigenvalue weighted by molar-refractivity contribution is -0.170. The van der Waals surface area contributed by atoms with Crippen molar-refractivity contribution in [2.75, 3.05) is 13.3 Å². The Balaban J connectivity index is 0.000000331. The predicted molar refractivity (Wildman–Crippen MR) is 151 cm³/mol. The summed E-state index contributed by atoms with van der Waals surface area (Å²) in [5, 5.41) is 43.8. The van der Waals surface area contributed by atoms with Crippen molar-refractivity contribution in [1.82, 2.24) is 9.47 Å². The second-order valence-electron chi connectivity index (χ2n) is 10.2. The molecule has 0 amide bonds. The number of nitrogens with zero attached hydrogens (tertiary/aromatic N) is 2. The van der Waals surface area contributed by atoms with Crippen LogP contribution in [0.3, 0.4) is 0 Å². The molecule has 0 saturated carbocycles. The lowest BCUT2D eigenvalue weighted by Crippen LogP contribution is -2.42. The molecule has 3 aromatic rings. The minimum absolute atomic E-state index is 0.0566. The molecule has 0 saturated heterocycles. The van der Waals surface area contributed by atoms with Crippen molar-refractivity contribution in [3.63, 3.8) is 0 Å². The molecule has 4 rings (SSSR count). The van der Waals surface area contributed by atoms with E-state index in [2.05, 4.69) is 15.5 Å². The number of aliphatic hydroxyl groups excluding tert-OH is 1. The lowest BCUT2D eigenvalue weighted by Gasteiger charge is -2.25. The highest BCUT2D eigenvalue weighted by Crippen LogP contribution is 2.33. The van der Waals surface area contributed by atoms with Gasteiger partial charge in [0.15, 0.2) is 22.9 Å². The van der Waals surface area contributed by atoms with E-state index in [-0.39, 0.29) is 12.6 Å². The summed E-state index contributed by atoms with van der Waals surface area (Å²) in [5.41, 5.74) is 1.17. The molecule has 1 aliphatic heterocycles. The van der Waals surface area contributed by atoms with Crippen molar-refractivity contribution in [1.29, 1.82) is 0 Å². The summed E-state index contributed by atoms with van der Waals surface area (Å²) >= 11 is 0. The summed E-state index contributed by atoms with van der Waals surface area (Å²) < 4.78 is 13.0. The van der Waals surface area contributed by atoms with Crippen LogP contribution in [0.1, 0.15) is 48.3 Å². The standard InChI is InChI=1S/C24H26N2O4.C6H8O7/c1-17(27)13-25(14-19-5-10-23-24(12-19)30-16-29-23)15-22-4-3-11-26(22)21-8-6-20(7-9-21)18(2)28;7-3(8)1-6(13,5(11)12)2-4(9)10/h3-12,17,27H,13-16H2,1-2H3;13H,1-2H2,(H,7,8)(H,9,10)(H,11,12). The van der Waals surface area contributed by atoms with E-state index in [0.29, 0.717) is 25.2 Å². The summed E-state index contributed by atoms with van der Waals surface area (Å²) in [4.78, 5) is 44.2. The van der Waals surface area contributed by atoms with E-state index < -0.39 is 42.5 Å². The van der Waals surface area contributed by atoms with Crippen molar-refractivity contribution in [2.45, 2.75) is 51.5 Å². The molecular formula is C30H34N2O11. The Kier molecular flexibility index (Phi) is 11.0. The zero-order valence-electron chi connectivity index (χ0n) is 23.7. The molecule has 0 fully saturated rings. The number of aliphatic hydroxyl groups is 2. The minimum Gasteiger partial charge on any atom is -0.481 e. The number of rotatable bonds is 13. The van der Waals surface area contributed by atoms with Gasteiger partial charge >= 0.3 is 17.9 Å². The molecule has 2 aromatic carbocycles. The summed E-state index contributed by atoms with van der Waals surface area (Å²) in [6.45, 7) is 5.51. The molecule has 13 heteroatoms. The second-order valence-corrected chi connectivity index (χ2v) is 10.2. The highest BCUT2D eigenvalue weighted by Gasteiger charge is 2.40. The number of benzene rings is 2. The van der Waals surface area contributed by atoms with Gasteiger partial charge in [-0.1, -0.05) is 6.07 Å². The summed E-state index contributed by atoms with van der Waals surface area (Å²) in [5.74, 6) is -3.43. The van der Waals surface area contributed by atoms with Gasteiger partial charge in [-0.25, -0.2) is 4.79 Å². The van der Waals surface area contributed by atoms with Gasteiger partial charge in [0.2, 0.25) is 6.79 Å². The Morgan fingerprint density at radius 3 is 2.12 bits per heavy atom. The summed E-state index contributed by atoms with van der Waals surface area (Å²) in [7, 11) is 0. The Labute approximate surface area is 247 Å². The number of carbonyl (C=O) groups is 4. The molecule has 1 aromatic heterocycles. The maximum Gasteiger partial charge on any atom is 0.336 e. The number of hydrogen-bond acceptors (Lipinski definition) is 9. The Morgan fingerprint density at radius 1 is 0.930 bits per heavy atom. The molecule has 1 aliphatic rings. The van der Waals surface area contributed by atoms with Gasteiger partial charge in [0, 0.05) is 42.8 Å². The van der Waals surface area contributed by atoms with Crippen molar-refractivity contribution in [3.05, 3.63) is 77.6 Å². The number of fused-ring (bicyclic) bond motifs is 1. The Morgan fingerprint density at radius 2 is 1.56 bits per heavy atom. The first-order chi connectivity index (χ1) is 20.3. The van der Waals surface area contributed by atoms with Crippen LogP contribution >= 0.6 is 0 Å². The van der Waals surface area contributed by atoms with E-state index in [1.165, 1.54) is 0 Å². The molecule has 43 heavy (non-hydrogen) atoms. The SMILES string of the molecule is CC(=O)c1ccc(-n2cccc2CN(Cc2ccc3c(c2)OCO3)CC(C)O)cc1.O=C(O)CC(O)(CC(=O)O)C(=O)O. The van der Waals surface area contributed by atoms with E-state index >= 15 is 0 Å². The molecule has 230 valence electrons. The quantitative estimate of drug-likeness (QED) is 0.181.